The van der Waals surface area contributed by atoms with E-state index in [1.165, 1.54) is 5.69 Å². The molecule has 2 aromatic rings. The first kappa shape index (κ1) is 16.7. The Labute approximate surface area is 148 Å². The number of nitrogens with zero attached hydrogens (tertiary/aromatic N) is 3. The number of ether oxygens (including phenoxy) is 1. The summed E-state index contributed by atoms with van der Waals surface area (Å²) in [5.74, 6) is 0.856. The Balaban J connectivity index is 1.62. The van der Waals surface area contributed by atoms with Gasteiger partial charge in [0.15, 0.2) is 0 Å². The third-order valence-electron chi connectivity index (χ3n) is 4.23. The normalized spacial score (nSPS) is 15.5. The average molecular weight is 344 g/mol. The molecular formula is C19H22ClN3O. The van der Waals surface area contributed by atoms with Gasteiger partial charge >= 0.3 is 0 Å². The van der Waals surface area contributed by atoms with Crippen LogP contribution in [0.1, 0.15) is 12.5 Å². The molecule has 0 N–H and O–H groups in total. The molecule has 0 unspecified atom stereocenters. The summed E-state index contributed by atoms with van der Waals surface area (Å²) in [6.45, 7) is 5.77. The molecule has 3 rings (SSSR count). The quantitative estimate of drug-likeness (QED) is 0.788. The second-order valence-electron chi connectivity index (χ2n) is 5.83. The molecule has 0 amide bonds. The number of piperazine rings is 1. The summed E-state index contributed by atoms with van der Waals surface area (Å²) < 4.78 is 5.28. The van der Waals surface area contributed by atoms with Crippen molar-refractivity contribution < 1.29 is 4.74 Å². The van der Waals surface area contributed by atoms with Gasteiger partial charge in [-0.05, 0) is 43.3 Å². The average Bonchev–Trinajstić information content (AvgIpc) is 2.63. The number of methoxy groups -OCH3 is 1. The fraction of sp³-hybridized carbons (Fsp3) is 0.316. The topological polar surface area (TPSA) is 28.1 Å². The first-order valence-corrected chi connectivity index (χ1v) is 8.48. The van der Waals surface area contributed by atoms with E-state index < -0.39 is 0 Å². The third-order valence-corrected chi connectivity index (χ3v) is 4.48. The first-order chi connectivity index (χ1) is 11.7. The molecule has 1 saturated heterocycles. The summed E-state index contributed by atoms with van der Waals surface area (Å²) in [6, 6.07) is 16.0. The molecule has 1 aliphatic heterocycles. The van der Waals surface area contributed by atoms with Crippen molar-refractivity contribution >= 4 is 23.0 Å². The third kappa shape index (κ3) is 4.01. The van der Waals surface area contributed by atoms with Crippen molar-refractivity contribution in [2.45, 2.75) is 6.92 Å². The predicted molar refractivity (Wildman–Crippen MR) is 100 cm³/mol. The number of hydrogen-bond acceptors (Lipinski definition) is 4. The molecule has 24 heavy (non-hydrogen) atoms. The van der Waals surface area contributed by atoms with Crippen LogP contribution in [0.2, 0.25) is 5.02 Å². The van der Waals surface area contributed by atoms with Crippen molar-refractivity contribution in [2.75, 3.05) is 38.2 Å². The van der Waals surface area contributed by atoms with Crippen LogP contribution in [0.25, 0.3) is 0 Å². The zero-order chi connectivity index (χ0) is 16.9. The monoisotopic (exact) mass is 343 g/mol. The van der Waals surface area contributed by atoms with Crippen LogP contribution in [0.3, 0.4) is 0 Å². The Bertz CT molecular complexity index is 707. The molecule has 5 heteroatoms. The molecule has 0 aliphatic carbocycles. The highest BCUT2D eigenvalue weighted by Gasteiger charge is 2.16. The van der Waals surface area contributed by atoms with Gasteiger partial charge in [-0.2, -0.15) is 5.10 Å². The van der Waals surface area contributed by atoms with Gasteiger partial charge in [-0.1, -0.05) is 23.7 Å². The summed E-state index contributed by atoms with van der Waals surface area (Å²) in [6.07, 6.45) is 0. The molecule has 0 spiro atoms. The Hall–Kier alpha value is -2.20. The number of anilines is 1. The van der Waals surface area contributed by atoms with Gasteiger partial charge in [-0.25, -0.2) is 0 Å². The minimum Gasteiger partial charge on any atom is -0.497 e. The van der Waals surface area contributed by atoms with Gasteiger partial charge in [0.1, 0.15) is 5.75 Å². The molecule has 0 bridgehead atoms. The van der Waals surface area contributed by atoms with Gasteiger partial charge in [0.05, 0.1) is 25.9 Å². The lowest BCUT2D eigenvalue weighted by atomic mass is 10.1. The fourth-order valence-corrected chi connectivity index (χ4v) is 2.95. The summed E-state index contributed by atoms with van der Waals surface area (Å²) in [4.78, 5) is 2.36. The Kier molecular flexibility index (Phi) is 5.26. The summed E-state index contributed by atoms with van der Waals surface area (Å²) >= 11 is 5.96. The van der Waals surface area contributed by atoms with E-state index in [2.05, 4.69) is 28.1 Å². The highest BCUT2D eigenvalue weighted by atomic mass is 35.5. The number of hydrogen-bond donors (Lipinski definition) is 0. The van der Waals surface area contributed by atoms with E-state index in [1.807, 2.05) is 37.3 Å². The van der Waals surface area contributed by atoms with Crippen molar-refractivity contribution in [3.8, 4) is 5.75 Å². The van der Waals surface area contributed by atoms with Crippen molar-refractivity contribution in [3.05, 3.63) is 59.1 Å². The van der Waals surface area contributed by atoms with Crippen LogP contribution in [-0.2, 0) is 0 Å². The highest BCUT2D eigenvalue weighted by molar-refractivity contribution is 6.30. The van der Waals surface area contributed by atoms with Crippen LogP contribution < -0.4 is 9.64 Å². The Morgan fingerprint density at radius 3 is 2.42 bits per heavy atom. The molecule has 0 saturated carbocycles. The van der Waals surface area contributed by atoms with Gasteiger partial charge in [0, 0.05) is 29.4 Å². The zero-order valence-electron chi connectivity index (χ0n) is 14.1. The van der Waals surface area contributed by atoms with E-state index in [1.54, 1.807) is 7.11 Å². The molecule has 0 atom stereocenters. The van der Waals surface area contributed by atoms with E-state index in [-0.39, 0.29) is 0 Å². The molecule has 126 valence electrons. The standard InChI is InChI=1S/C19H22ClN3O/c1-15(16-4-3-5-19(14-16)24-2)21-23-12-10-22(11-13-23)18-8-6-17(20)7-9-18/h3-9,14H,10-13H2,1-2H3/b21-15-. The van der Waals surface area contributed by atoms with Gasteiger partial charge in [0.25, 0.3) is 0 Å². The molecular weight excluding hydrogens is 322 g/mol. The highest BCUT2D eigenvalue weighted by Crippen LogP contribution is 2.20. The number of halogens is 1. The van der Waals surface area contributed by atoms with Crippen LogP contribution >= 0.6 is 11.6 Å². The summed E-state index contributed by atoms with van der Waals surface area (Å²) in [5, 5.41) is 7.68. The van der Waals surface area contributed by atoms with Crippen molar-refractivity contribution in [1.82, 2.24) is 5.01 Å². The van der Waals surface area contributed by atoms with Crippen LogP contribution in [0, 0.1) is 0 Å². The number of benzene rings is 2. The van der Waals surface area contributed by atoms with Crippen LogP contribution in [0.4, 0.5) is 5.69 Å². The maximum absolute atomic E-state index is 5.96. The largest absolute Gasteiger partial charge is 0.497 e. The lowest BCUT2D eigenvalue weighted by molar-refractivity contribution is 0.270. The minimum absolute atomic E-state index is 0.774. The smallest absolute Gasteiger partial charge is 0.119 e. The zero-order valence-corrected chi connectivity index (χ0v) is 14.8. The summed E-state index contributed by atoms with van der Waals surface area (Å²) in [5.41, 5.74) is 3.32. The Morgan fingerprint density at radius 2 is 1.75 bits per heavy atom. The van der Waals surface area contributed by atoms with E-state index in [4.69, 9.17) is 21.4 Å². The molecule has 4 nitrogen and oxygen atoms in total. The predicted octanol–water partition coefficient (Wildman–Crippen LogP) is 3.89. The SMILES string of the molecule is COc1cccc(/C(C)=N\N2CCN(c3ccc(Cl)cc3)CC2)c1. The van der Waals surface area contributed by atoms with Gasteiger partial charge < -0.3 is 9.64 Å². The van der Waals surface area contributed by atoms with E-state index in [0.717, 1.165) is 48.2 Å². The number of rotatable bonds is 4. The molecule has 2 aromatic carbocycles. The van der Waals surface area contributed by atoms with E-state index in [9.17, 15) is 0 Å². The van der Waals surface area contributed by atoms with Crippen LogP contribution in [0.15, 0.2) is 53.6 Å². The van der Waals surface area contributed by atoms with Crippen LogP contribution in [-0.4, -0.2) is 44.0 Å². The molecule has 0 radical (unpaired) electrons. The minimum atomic E-state index is 0.774. The molecule has 1 heterocycles. The van der Waals surface area contributed by atoms with Crippen molar-refractivity contribution in [2.24, 2.45) is 5.10 Å². The van der Waals surface area contributed by atoms with Gasteiger partial charge in [0.2, 0.25) is 0 Å². The lowest BCUT2D eigenvalue weighted by Crippen LogP contribution is -2.44. The van der Waals surface area contributed by atoms with E-state index in [0.29, 0.717) is 0 Å². The van der Waals surface area contributed by atoms with E-state index >= 15 is 0 Å². The Morgan fingerprint density at radius 1 is 1.04 bits per heavy atom. The summed E-state index contributed by atoms with van der Waals surface area (Å²) in [7, 11) is 1.68. The molecule has 0 aromatic heterocycles. The van der Waals surface area contributed by atoms with Gasteiger partial charge in [-0.15, -0.1) is 0 Å². The molecule has 1 fully saturated rings. The van der Waals surface area contributed by atoms with Crippen molar-refractivity contribution in [3.63, 3.8) is 0 Å². The van der Waals surface area contributed by atoms with Crippen molar-refractivity contribution in [1.29, 1.82) is 0 Å². The van der Waals surface area contributed by atoms with Gasteiger partial charge in [-0.3, -0.25) is 5.01 Å². The maximum Gasteiger partial charge on any atom is 0.119 e. The van der Waals surface area contributed by atoms with Crippen LogP contribution in [0.5, 0.6) is 5.75 Å². The lowest BCUT2D eigenvalue weighted by Gasteiger charge is -2.35. The number of hydrazone groups is 1. The second-order valence-corrected chi connectivity index (χ2v) is 6.27. The maximum atomic E-state index is 5.96. The second kappa shape index (κ2) is 7.58. The molecule has 1 aliphatic rings. The first-order valence-electron chi connectivity index (χ1n) is 8.11. The fourth-order valence-electron chi connectivity index (χ4n) is 2.82.